The maximum Gasteiger partial charge on any atom is 0.326 e. The van der Waals surface area contributed by atoms with Gasteiger partial charge in [0, 0.05) is 59.9 Å². The summed E-state index contributed by atoms with van der Waals surface area (Å²) in [6, 6.07) is 16.4. The molecule has 2 aromatic heterocycles. The van der Waals surface area contributed by atoms with Crippen molar-refractivity contribution in [3.63, 3.8) is 0 Å². The number of rotatable bonds is 5. The van der Waals surface area contributed by atoms with E-state index in [1.54, 1.807) is 35.0 Å². The van der Waals surface area contributed by atoms with Crippen LogP contribution in [-0.2, 0) is 19.5 Å². The number of benzene rings is 2. The van der Waals surface area contributed by atoms with Crippen molar-refractivity contribution in [3.05, 3.63) is 104 Å². The van der Waals surface area contributed by atoms with Gasteiger partial charge < -0.3 is 5.32 Å². The van der Waals surface area contributed by atoms with Gasteiger partial charge in [-0.25, -0.2) is 9.78 Å². The fourth-order valence-electron chi connectivity index (χ4n) is 4.65. The van der Waals surface area contributed by atoms with Gasteiger partial charge in [0.1, 0.15) is 5.15 Å². The number of hydrogen-bond acceptors (Lipinski definition) is 4. The Labute approximate surface area is 229 Å². The number of pyridine rings is 1. The number of fused-ring (bicyclic) bond motifs is 3. The smallest absolute Gasteiger partial charge is 0.326 e. The van der Waals surface area contributed by atoms with Gasteiger partial charge in [0.15, 0.2) is 0 Å². The second-order valence-electron chi connectivity index (χ2n) is 8.80. The summed E-state index contributed by atoms with van der Waals surface area (Å²) in [5.41, 5.74) is 5.09. The van der Waals surface area contributed by atoms with Crippen LogP contribution >= 0.6 is 34.8 Å². The molecule has 4 aromatic rings. The molecule has 0 saturated carbocycles. The molecule has 0 saturated heterocycles. The molecule has 0 atom stereocenters. The van der Waals surface area contributed by atoms with Crippen molar-refractivity contribution < 1.29 is 4.79 Å². The quantitative estimate of drug-likeness (QED) is 0.281. The van der Waals surface area contributed by atoms with Crippen LogP contribution in [0.5, 0.6) is 0 Å². The molecule has 0 spiro atoms. The van der Waals surface area contributed by atoms with Crippen LogP contribution in [0, 0.1) is 11.3 Å². The third-order valence-corrected chi connectivity index (χ3v) is 7.19. The number of nitrogens with one attached hydrogen (secondary N) is 1. The summed E-state index contributed by atoms with van der Waals surface area (Å²) in [5.74, 6) is 0. The number of aromatic nitrogens is 2. The van der Waals surface area contributed by atoms with E-state index in [4.69, 9.17) is 34.8 Å². The summed E-state index contributed by atoms with van der Waals surface area (Å²) in [5, 5.41) is 15.0. The molecule has 0 bridgehead atoms. The molecule has 5 rings (SSSR count). The molecule has 2 aromatic carbocycles. The van der Waals surface area contributed by atoms with E-state index in [-0.39, 0.29) is 6.03 Å². The molecule has 6 nitrogen and oxygen atoms in total. The molecular weight excluding hydrogens is 529 g/mol. The number of nitrogens with zero attached hydrogens (tertiary/aromatic N) is 4. The maximum atomic E-state index is 13.4. The van der Waals surface area contributed by atoms with Crippen molar-refractivity contribution in [1.82, 2.24) is 19.8 Å². The molecule has 186 valence electrons. The van der Waals surface area contributed by atoms with E-state index in [2.05, 4.69) is 27.3 Å². The van der Waals surface area contributed by atoms with Gasteiger partial charge >= 0.3 is 6.03 Å². The average molecular weight is 551 g/mol. The average Bonchev–Trinajstić information content (AvgIpc) is 3.21. The van der Waals surface area contributed by atoms with Crippen LogP contribution in [0.25, 0.3) is 17.0 Å². The van der Waals surface area contributed by atoms with Gasteiger partial charge in [-0.3, -0.25) is 9.47 Å². The van der Waals surface area contributed by atoms with E-state index >= 15 is 0 Å². The molecule has 0 unspecified atom stereocenters. The third kappa shape index (κ3) is 5.51. The van der Waals surface area contributed by atoms with E-state index in [9.17, 15) is 10.1 Å². The molecule has 1 aliphatic heterocycles. The Morgan fingerprint density at radius 2 is 2.00 bits per heavy atom. The van der Waals surface area contributed by atoms with Crippen molar-refractivity contribution in [1.29, 1.82) is 5.26 Å². The lowest BCUT2D eigenvalue weighted by atomic mass is 10.0. The minimum Gasteiger partial charge on any atom is -0.333 e. The van der Waals surface area contributed by atoms with E-state index < -0.39 is 0 Å². The van der Waals surface area contributed by atoms with Crippen LogP contribution in [0.2, 0.25) is 15.2 Å². The second-order valence-corrected chi connectivity index (χ2v) is 10.0. The fraction of sp³-hybridized carbons (Fsp3) is 0.179. The lowest BCUT2D eigenvalue weighted by Crippen LogP contribution is -2.34. The number of amides is 1. The Balaban J connectivity index is 1.39. The van der Waals surface area contributed by atoms with Crippen molar-refractivity contribution in [3.8, 4) is 6.07 Å². The number of halogens is 3. The van der Waals surface area contributed by atoms with Gasteiger partial charge in [-0.2, -0.15) is 5.26 Å². The Morgan fingerprint density at radius 1 is 1.14 bits per heavy atom. The van der Waals surface area contributed by atoms with Gasteiger partial charge in [0.2, 0.25) is 0 Å². The number of carbonyl (C=O) groups is 1. The van der Waals surface area contributed by atoms with E-state index in [1.807, 2.05) is 30.3 Å². The predicted octanol–water partition coefficient (Wildman–Crippen LogP) is 6.70. The predicted molar refractivity (Wildman–Crippen MR) is 148 cm³/mol. The van der Waals surface area contributed by atoms with Crippen LogP contribution in [0.3, 0.4) is 0 Å². The first-order valence-electron chi connectivity index (χ1n) is 11.7. The van der Waals surface area contributed by atoms with Gasteiger partial charge in [-0.05, 0) is 53.1 Å². The first-order chi connectivity index (χ1) is 17.9. The highest BCUT2D eigenvalue weighted by atomic mass is 35.5. The fourth-order valence-corrected chi connectivity index (χ4v) is 5.31. The zero-order valence-electron chi connectivity index (χ0n) is 19.7. The molecule has 0 radical (unpaired) electrons. The Morgan fingerprint density at radius 3 is 2.78 bits per heavy atom. The Hall–Kier alpha value is -3.34. The number of nitriles is 1. The third-order valence-electron chi connectivity index (χ3n) is 6.42. The number of hydrogen-bond donors (Lipinski definition) is 1. The summed E-state index contributed by atoms with van der Waals surface area (Å²) in [7, 11) is 0. The molecular formula is C28H22Cl3N5O. The summed E-state index contributed by atoms with van der Waals surface area (Å²) in [6.07, 6.45) is 6.39. The molecule has 0 fully saturated rings. The van der Waals surface area contributed by atoms with Crippen LogP contribution in [-0.4, -0.2) is 33.6 Å². The monoisotopic (exact) mass is 549 g/mol. The summed E-state index contributed by atoms with van der Waals surface area (Å²) < 4.78 is 1.72. The van der Waals surface area contributed by atoms with Crippen LogP contribution in [0.15, 0.2) is 60.8 Å². The maximum absolute atomic E-state index is 13.4. The van der Waals surface area contributed by atoms with Gasteiger partial charge in [0.25, 0.3) is 0 Å². The van der Waals surface area contributed by atoms with Crippen molar-refractivity contribution in [2.45, 2.75) is 19.5 Å². The molecule has 0 aliphatic carbocycles. The zero-order chi connectivity index (χ0) is 25.9. The highest BCUT2D eigenvalue weighted by molar-refractivity contribution is 6.35. The highest BCUT2D eigenvalue weighted by Crippen LogP contribution is 2.32. The van der Waals surface area contributed by atoms with E-state index in [0.717, 1.165) is 46.4 Å². The molecule has 1 amide bonds. The number of carbonyl (C=O) groups excluding carboxylic acids is 1. The highest BCUT2D eigenvalue weighted by Gasteiger charge is 2.26. The molecule has 9 heteroatoms. The zero-order valence-corrected chi connectivity index (χ0v) is 22.0. The van der Waals surface area contributed by atoms with E-state index in [0.29, 0.717) is 40.3 Å². The van der Waals surface area contributed by atoms with Crippen LogP contribution in [0.1, 0.15) is 27.9 Å². The first kappa shape index (κ1) is 25.3. The van der Waals surface area contributed by atoms with Gasteiger partial charge in [-0.15, -0.1) is 0 Å². The normalized spacial score (nSPS) is 13.6. The van der Waals surface area contributed by atoms with Crippen LogP contribution in [0.4, 0.5) is 4.79 Å². The summed E-state index contributed by atoms with van der Waals surface area (Å²) >= 11 is 18.3. The minimum atomic E-state index is -0.236. The summed E-state index contributed by atoms with van der Waals surface area (Å²) in [4.78, 5) is 19.7. The van der Waals surface area contributed by atoms with Crippen molar-refractivity contribution in [2.75, 3.05) is 13.1 Å². The SMILES string of the molecule is N#Cc1ccc2c3c(n(C(=O)NCc4ccnc(Cl)c4)c2c1)CCN(C/C=C/c1ccc(Cl)cc1Cl)C3. The standard InChI is InChI=1S/C28H22Cl3N5O/c29-21-5-4-20(24(30)14-21)2-1-10-35-11-8-25-23(17-35)22-6-3-18(15-32)12-26(22)36(25)28(37)34-16-19-7-9-33-27(31)13-19/h1-7,9,12-14H,8,10-11,16-17H2,(H,34,37)/b2-1+. The van der Waals surface area contributed by atoms with Crippen LogP contribution < -0.4 is 5.32 Å². The molecule has 37 heavy (non-hydrogen) atoms. The largest absolute Gasteiger partial charge is 0.333 e. The lowest BCUT2D eigenvalue weighted by Gasteiger charge is -2.27. The first-order valence-corrected chi connectivity index (χ1v) is 12.8. The minimum absolute atomic E-state index is 0.236. The summed E-state index contributed by atoms with van der Waals surface area (Å²) in [6.45, 7) is 2.53. The van der Waals surface area contributed by atoms with Crippen molar-refractivity contribution >= 4 is 57.8 Å². The Bertz CT molecular complexity index is 1570. The second kappa shape index (κ2) is 11.0. The van der Waals surface area contributed by atoms with E-state index in [1.165, 1.54) is 0 Å². The molecule has 1 aliphatic rings. The topological polar surface area (TPSA) is 74.0 Å². The van der Waals surface area contributed by atoms with Crippen molar-refractivity contribution in [2.24, 2.45) is 0 Å². The lowest BCUT2D eigenvalue weighted by molar-refractivity contribution is 0.240. The van der Waals surface area contributed by atoms with Gasteiger partial charge in [0.05, 0.1) is 17.1 Å². The Kier molecular flexibility index (Phi) is 7.50. The molecule has 3 heterocycles. The van der Waals surface area contributed by atoms with Gasteiger partial charge in [-0.1, -0.05) is 59.1 Å². The molecule has 1 N–H and O–H groups in total.